The van der Waals surface area contributed by atoms with Crippen molar-refractivity contribution in [1.29, 1.82) is 0 Å². The highest BCUT2D eigenvalue weighted by molar-refractivity contribution is 6.00. The standard InChI is InChI=1S/C22H22F4N6O3/c1-29-5-6-32-18(29)15(10-27-32)19(33)31-11-21(12-31)8-13(9-21)30(2)20(34)28-17-7-14(3-4-16(17)23)35-22(24,25)26/h3-7,10,13H,8-9,11-12H2,1-2H3,(H,28,34). The van der Waals surface area contributed by atoms with Gasteiger partial charge in [-0.15, -0.1) is 13.2 Å². The quantitative estimate of drug-likeness (QED) is 0.563. The first-order valence-corrected chi connectivity index (χ1v) is 10.8. The number of hydrogen-bond acceptors (Lipinski definition) is 4. The van der Waals surface area contributed by atoms with Crippen molar-refractivity contribution < 1.29 is 31.9 Å². The van der Waals surface area contributed by atoms with Gasteiger partial charge < -0.3 is 24.4 Å². The Morgan fingerprint density at radius 2 is 1.94 bits per heavy atom. The van der Waals surface area contributed by atoms with Gasteiger partial charge in [0.15, 0.2) is 0 Å². The van der Waals surface area contributed by atoms with Crippen molar-refractivity contribution in [2.45, 2.75) is 25.2 Å². The summed E-state index contributed by atoms with van der Waals surface area (Å²) in [4.78, 5) is 28.7. The van der Waals surface area contributed by atoms with Gasteiger partial charge in [0.25, 0.3) is 5.91 Å². The van der Waals surface area contributed by atoms with Crippen LogP contribution in [0.3, 0.4) is 0 Å². The van der Waals surface area contributed by atoms with Crippen molar-refractivity contribution in [2.75, 3.05) is 25.5 Å². The van der Waals surface area contributed by atoms with E-state index in [1.807, 2.05) is 17.8 Å². The van der Waals surface area contributed by atoms with Crippen LogP contribution < -0.4 is 10.1 Å². The lowest BCUT2D eigenvalue weighted by molar-refractivity contribution is -0.274. The fraction of sp³-hybridized carbons (Fsp3) is 0.409. The normalized spacial score (nSPS) is 17.3. The summed E-state index contributed by atoms with van der Waals surface area (Å²) >= 11 is 0. The van der Waals surface area contributed by atoms with E-state index in [0.29, 0.717) is 31.5 Å². The zero-order valence-electron chi connectivity index (χ0n) is 18.8. The molecular weight excluding hydrogens is 472 g/mol. The number of benzene rings is 1. The van der Waals surface area contributed by atoms with E-state index >= 15 is 0 Å². The predicted molar refractivity (Wildman–Crippen MR) is 115 cm³/mol. The summed E-state index contributed by atoms with van der Waals surface area (Å²) in [5.41, 5.74) is 0.752. The van der Waals surface area contributed by atoms with Crippen LogP contribution >= 0.6 is 0 Å². The molecule has 1 saturated carbocycles. The molecule has 2 aromatic heterocycles. The van der Waals surface area contributed by atoms with Crippen molar-refractivity contribution in [3.63, 3.8) is 0 Å². The summed E-state index contributed by atoms with van der Waals surface area (Å²) in [6.07, 6.45) is 1.53. The van der Waals surface area contributed by atoms with E-state index in [1.165, 1.54) is 4.90 Å². The highest BCUT2D eigenvalue weighted by atomic mass is 19.4. The zero-order valence-corrected chi connectivity index (χ0v) is 18.8. The number of amides is 3. The molecule has 35 heavy (non-hydrogen) atoms. The van der Waals surface area contributed by atoms with Crippen LogP contribution in [0.25, 0.3) is 5.65 Å². The minimum Gasteiger partial charge on any atom is -0.406 e. The molecule has 13 heteroatoms. The number of carbonyl (C=O) groups is 2. The molecule has 1 N–H and O–H groups in total. The van der Waals surface area contributed by atoms with E-state index in [-0.39, 0.29) is 17.4 Å². The van der Waals surface area contributed by atoms with Crippen LogP contribution in [0.1, 0.15) is 23.2 Å². The van der Waals surface area contributed by atoms with Crippen LogP contribution in [-0.4, -0.2) is 68.5 Å². The number of nitrogens with one attached hydrogen (secondary N) is 1. The number of ether oxygens (including phenoxy) is 1. The molecule has 3 amide bonds. The van der Waals surface area contributed by atoms with Crippen molar-refractivity contribution in [2.24, 2.45) is 12.5 Å². The molecule has 1 spiro atoms. The van der Waals surface area contributed by atoms with Crippen molar-refractivity contribution in [3.05, 3.63) is 48.2 Å². The smallest absolute Gasteiger partial charge is 0.406 e. The second-order valence-corrected chi connectivity index (χ2v) is 9.19. The molecule has 1 aromatic carbocycles. The third-order valence-corrected chi connectivity index (χ3v) is 6.72. The van der Waals surface area contributed by atoms with Gasteiger partial charge in [0, 0.05) is 57.1 Å². The van der Waals surface area contributed by atoms with Gasteiger partial charge in [-0.3, -0.25) is 4.79 Å². The monoisotopic (exact) mass is 494 g/mol. The number of alkyl halides is 3. The predicted octanol–water partition coefficient (Wildman–Crippen LogP) is 3.48. The maximum absolute atomic E-state index is 14.0. The van der Waals surface area contributed by atoms with Gasteiger partial charge >= 0.3 is 12.4 Å². The van der Waals surface area contributed by atoms with Crippen LogP contribution in [0, 0.1) is 11.2 Å². The maximum Gasteiger partial charge on any atom is 0.573 e. The first-order chi connectivity index (χ1) is 16.4. The third-order valence-electron chi connectivity index (χ3n) is 6.72. The lowest BCUT2D eigenvalue weighted by Crippen LogP contribution is -2.67. The largest absolute Gasteiger partial charge is 0.573 e. The lowest BCUT2D eigenvalue weighted by atomic mass is 9.60. The number of urea groups is 1. The molecule has 1 aliphatic carbocycles. The van der Waals surface area contributed by atoms with Crippen molar-refractivity contribution >= 4 is 23.3 Å². The Labute approximate surface area is 196 Å². The van der Waals surface area contributed by atoms with Gasteiger partial charge in [-0.1, -0.05) is 0 Å². The van der Waals surface area contributed by atoms with Gasteiger partial charge in [-0.2, -0.15) is 5.10 Å². The molecule has 3 heterocycles. The Bertz CT molecular complexity index is 1300. The Morgan fingerprint density at radius 3 is 2.63 bits per heavy atom. The second-order valence-electron chi connectivity index (χ2n) is 9.19. The topological polar surface area (TPSA) is 84.1 Å². The number of fused-ring (bicyclic) bond motifs is 1. The SMILES string of the molecule is CN(C(=O)Nc1cc(OC(F)(F)F)ccc1F)C1CC2(C1)CN(C(=O)c1cnn3ccn(C)c13)C2. The van der Waals surface area contributed by atoms with Gasteiger partial charge in [0.05, 0.1) is 11.9 Å². The number of likely N-dealkylation sites (tertiary alicyclic amines) is 1. The number of aryl methyl sites for hydroxylation is 1. The summed E-state index contributed by atoms with van der Waals surface area (Å²) in [5, 5.41) is 6.50. The van der Waals surface area contributed by atoms with Crippen molar-refractivity contribution in [1.82, 2.24) is 24.0 Å². The minimum absolute atomic E-state index is 0.0823. The molecule has 2 aliphatic rings. The number of anilines is 1. The summed E-state index contributed by atoms with van der Waals surface area (Å²) in [7, 11) is 3.38. The average molecular weight is 494 g/mol. The number of carbonyl (C=O) groups excluding carboxylic acids is 2. The van der Waals surface area contributed by atoms with Gasteiger partial charge in [-0.05, 0) is 25.0 Å². The molecule has 0 unspecified atom stereocenters. The number of nitrogens with zero attached hydrogens (tertiary/aromatic N) is 5. The molecule has 3 aromatic rings. The number of hydrogen-bond donors (Lipinski definition) is 1. The minimum atomic E-state index is -4.93. The first-order valence-electron chi connectivity index (χ1n) is 10.8. The highest BCUT2D eigenvalue weighted by Crippen LogP contribution is 2.50. The fourth-order valence-corrected chi connectivity index (χ4v) is 4.92. The van der Waals surface area contributed by atoms with Crippen LogP contribution in [0.4, 0.5) is 28.0 Å². The van der Waals surface area contributed by atoms with Crippen LogP contribution in [0.5, 0.6) is 5.75 Å². The summed E-state index contributed by atoms with van der Waals surface area (Å²) in [5.74, 6) is -1.62. The molecule has 1 saturated heterocycles. The molecule has 1 aliphatic heterocycles. The zero-order chi connectivity index (χ0) is 25.1. The summed E-state index contributed by atoms with van der Waals surface area (Å²) < 4.78 is 58.6. The third kappa shape index (κ3) is 4.15. The summed E-state index contributed by atoms with van der Waals surface area (Å²) in [6.45, 7) is 1.12. The van der Waals surface area contributed by atoms with E-state index < -0.39 is 29.6 Å². The van der Waals surface area contributed by atoms with Crippen LogP contribution in [0.15, 0.2) is 36.8 Å². The number of halogens is 4. The lowest BCUT2D eigenvalue weighted by Gasteiger charge is -2.60. The Balaban J connectivity index is 1.16. The van der Waals surface area contributed by atoms with Gasteiger partial charge in [-0.25, -0.2) is 13.7 Å². The molecule has 186 valence electrons. The Kier molecular flexibility index (Phi) is 5.18. The van der Waals surface area contributed by atoms with E-state index in [9.17, 15) is 27.2 Å². The first kappa shape index (κ1) is 23.0. The van der Waals surface area contributed by atoms with Crippen molar-refractivity contribution in [3.8, 4) is 5.75 Å². The fourth-order valence-electron chi connectivity index (χ4n) is 4.92. The van der Waals surface area contributed by atoms with E-state index in [4.69, 9.17) is 0 Å². The van der Waals surface area contributed by atoms with E-state index in [1.54, 1.807) is 28.9 Å². The second kappa shape index (κ2) is 7.89. The molecule has 0 radical (unpaired) electrons. The molecule has 0 bridgehead atoms. The number of aromatic nitrogens is 3. The highest BCUT2D eigenvalue weighted by Gasteiger charge is 2.55. The molecule has 0 atom stereocenters. The molecular formula is C22H22F4N6O3. The van der Waals surface area contributed by atoms with Gasteiger partial charge in [0.1, 0.15) is 22.8 Å². The average Bonchev–Trinajstić information content (AvgIpc) is 3.30. The number of imidazole rings is 1. The Hall–Kier alpha value is -3.77. The van der Waals surface area contributed by atoms with Crippen LogP contribution in [0.2, 0.25) is 0 Å². The number of rotatable bonds is 4. The van der Waals surface area contributed by atoms with Crippen LogP contribution in [-0.2, 0) is 7.05 Å². The summed E-state index contributed by atoms with van der Waals surface area (Å²) in [6, 6.07) is 1.62. The molecule has 2 fully saturated rings. The Morgan fingerprint density at radius 1 is 1.23 bits per heavy atom. The van der Waals surface area contributed by atoms with Gasteiger partial charge in [0.2, 0.25) is 0 Å². The maximum atomic E-state index is 14.0. The van der Waals surface area contributed by atoms with E-state index in [2.05, 4.69) is 15.2 Å². The molecule has 5 rings (SSSR count). The molecule has 9 nitrogen and oxygen atoms in total. The van der Waals surface area contributed by atoms with E-state index in [0.717, 1.165) is 23.8 Å².